The average Bonchev–Trinajstić information content (AvgIpc) is 2.88. The van der Waals surface area contributed by atoms with E-state index < -0.39 is 0 Å². The van der Waals surface area contributed by atoms with E-state index >= 15 is 0 Å². The molecule has 0 unspecified atom stereocenters. The van der Waals surface area contributed by atoms with Crippen LogP contribution < -0.4 is 17.0 Å². The molecule has 1 aromatic carbocycles. The number of nitrogens with one attached hydrogen (secondary N) is 1. The second-order valence-corrected chi connectivity index (χ2v) is 5.90. The Hall–Kier alpha value is -1.57. The molecule has 0 atom stereocenters. The normalized spacial score (nSPS) is 10.4. The van der Waals surface area contributed by atoms with E-state index in [2.05, 4.69) is 5.43 Å². The number of benzene rings is 1. The molecule has 0 saturated heterocycles. The van der Waals surface area contributed by atoms with Crippen molar-refractivity contribution in [1.29, 1.82) is 0 Å². The number of hydrazine groups is 1. The summed E-state index contributed by atoms with van der Waals surface area (Å²) in [5.41, 5.74) is 8.39. The lowest BCUT2D eigenvalue weighted by atomic mass is 10.3. The summed E-state index contributed by atoms with van der Waals surface area (Å²) >= 11 is 2.78. The van der Waals surface area contributed by atoms with Crippen LogP contribution in [0.2, 0.25) is 0 Å². The minimum atomic E-state index is -0.314. The molecule has 0 radical (unpaired) electrons. The molecule has 0 fully saturated rings. The Labute approximate surface area is 118 Å². The number of thiophene rings is 1. The largest absolute Gasteiger partial charge is 0.398 e. The lowest BCUT2D eigenvalue weighted by molar-refractivity contribution is 0.0957. The first-order chi connectivity index (χ1) is 9.10. The number of nitrogen functional groups attached to an aromatic ring is 2. The molecule has 19 heavy (non-hydrogen) atoms. The highest BCUT2D eigenvalue weighted by Gasteiger charge is 2.08. The molecule has 0 saturated carbocycles. The summed E-state index contributed by atoms with van der Waals surface area (Å²) in [6.07, 6.45) is 0. The van der Waals surface area contributed by atoms with Crippen LogP contribution in [0.25, 0.3) is 0 Å². The van der Waals surface area contributed by atoms with Gasteiger partial charge in [-0.05, 0) is 30.3 Å². The zero-order valence-electron chi connectivity index (χ0n) is 9.85. The Morgan fingerprint density at radius 3 is 2.89 bits per heavy atom. The first-order valence-electron chi connectivity index (χ1n) is 5.37. The van der Waals surface area contributed by atoms with E-state index in [0.717, 1.165) is 4.88 Å². The molecule has 1 heterocycles. The zero-order valence-corrected chi connectivity index (χ0v) is 11.5. The smallest absolute Gasteiger partial charge is 0.275 e. The Bertz CT molecular complexity index is 600. The quantitative estimate of drug-likeness (QED) is 0.266. The van der Waals surface area contributed by atoms with Crippen LogP contribution in [0.5, 0.6) is 0 Å². The number of thioether (sulfide) groups is 1. The van der Waals surface area contributed by atoms with Gasteiger partial charge in [0.2, 0.25) is 0 Å². The monoisotopic (exact) mass is 297 g/mol. The highest BCUT2D eigenvalue weighted by Crippen LogP contribution is 2.31. The summed E-state index contributed by atoms with van der Waals surface area (Å²) < 4.78 is 13.1. The van der Waals surface area contributed by atoms with Crippen molar-refractivity contribution < 1.29 is 9.18 Å². The molecule has 0 aliphatic carbocycles. The molecule has 2 rings (SSSR count). The van der Waals surface area contributed by atoms with Crippen molar-refractivity contribution >= 4 is 34.7 Å². The van der Waals surface area contributed by atoms with Gasteiger partial charge in [0, 0.05) is 21.2 Å². The zero-order chi connectivity index (χ0) is 13.8. The lowest BCUT2D eigenvalue weighted by Crippen LogP contribution is -2.29. The molecule has 0 bridgehead atoms. The van der Waals surface area contributed by atoms with Gasteiger partial charge < -0.3 is 5.73 Å². The van der Waals surface area contributed by atoms with Crippen molar-refractivity contribution in [2.45, 2.75) is 10.6 Å². The molecular weight excluding hydrogens is 285 g/mol. The fraction of sp³-hybridized carbons (Fsp3) is 0.0833. The first kappa shape index (κ1) is 13.9. The van der Waals surface area contributed by atoms with Crippen molar-refractivity contribution in [2.75, 3.05) is 5.73 Å². The van der Waals surface area contributed by atoms with Gasteiger partial charge in [-0.1, -0.05) is 0 Å². The van der Waals surface area contributed by atoms with Gasteiger partial charge in [-0.25, -0.2) is 10.2 Å². The third-order valence-corrected chi connectivity index (χ3v) is 4.75. The molecule has 0 aliphatic rings. The predicted octanol–water partition coefficient (Wildman–Crippen LogP) is 2.37. The molecular formula is C12H12FN3OS2. The number of carbonyl (C=O) groups is 1. The van der Waals surface area contributed by atoms with E-state index in [1.54, 1.807) is 12.1 Å². The van der Waals surface area contributed by atoms with Gasteiger partial charge in [-0.2, -0.15) is 0 Å². The van der Waals surface area contributed by atoms with E-state index in [9.17, 15) is 9.18 Å². The summed E-state index contributed by atoms with van der Waals surface area (Å²) in [5, 5.41) is 0. The number of carbonyl (C=O) groups excluding carboxylic acids is 1. The van der Waals surface area contributed by atoms with Crippen LogP contribution in [-0.2, 0) is 5.75 Å². The summed E-state index contributed by atoms with van der Waals surface area (Å²) in [4.78, 5) is 13.5. The molecule has 1 amide bonds. The fourth-order valence-electron chi connectivity index (χ4n) is 1.43. The van der Waals surface area contributed by atoms with Crippen LogP contribution in [0, 0.1) is 5.82 Å². The van der Waals surface area contributed by atoms with E-state index in [1.807, 2.05) is 6.07 Å². The fourth-order valence-corrected chi connectivity index (χ4v) is 3.37. The van der Waals surface area contributed by atoms with Crippen molar-refractivity contribution in [3.8, 4) is 0 Å². The van der Waals surface area contributed by atoms with E-state index in [1.165, 1.54) is 35.2 Å². The van der Waals surface area contributed by atoms with Gasteiger partial charge >= 0.3 is 0 Å². The SMILES string of the molecule is NNC(=O)c1ccc(CSc2cc(F)ccc2N)s1. The van der Waals surface area contributed by atoms with Gasteiger partial charge in [0.15, 0.2) is 0 Å². The Balaban J connectivity index is 2.04. The van der Waals surface area contributed by atoms with E-state index in [-0.39, 0.29) is 11.7 Å². The number of anilines is 1. The summed E-state index contributed by atoms with van der Waals surface area (Å²) in [6, 6.07) is 7.82. The standard InChI is InChI=1S/C12H12FN3OS2/c13-7-1-3-9(14)11(5-7)18-6-8-2-4-10(19-8)12(17)16-15/h1-5H,6,14-15H2,(H,16,17). The van der Waals surface area contributed by atoms with Gasteiger partial charge in [0.05, 0.1) is 4.88 Å². The summed E-state index contributed by atoms with van der Waals surface area (Å²) in [7, 11) is 0. The van der Waals surface area contributed by atoms with Crippen LogP contribution in [-0.4, -0.2) is 5.91 Å². The highest BCUT2D eigenvalue weighted by molar-refractivity contribution is 7.98. The van der Waals surface area contributed by atoms with E-state index in [0.29, 0.717) is 21.2 Å². The molecule has 1 aromatic heterocycles. The number of rotatable bonds is 4. The average molecular weight is 297 g/mol. The lowest BCUT2D eigenvalue weighted by Gasteiger charge is -2.04. The summed E-state index contributed by atoms with van der Waals surface area (Å²) in [6.45, 7) is 0. The second-order valence-electron chi connectivity index (χ2n) is 3.71. The Morgan fingerprint density at radius 2 is 2.16 bits per heavy atom. The van der Waals surface area contributed by atoms with Gasteiger partial charge in [-0.3, -0.25) is 10.2 Å². The topological polar surface area (TPSA) is 81.1 Å². The minimum Gasteiger partial charge on any atom is -0.398 e. The van der Waals surface area contributed by atoms with Crippen LogP contribution in [0.15, 0.2) is 35.2 Å². The third-order valence-electron chi connectivity index (χ3n) is 2.36. The molecule has 0 aliphatic heterocycles. The van der Waals surface area contributed by atoms with Crippen molar-refractivity contribution in [2.24, 2.45) is 5.84 Å². The second kappa shape index (κ2) is 6.05. The van der Waals surface area contributed by atoms with Crippen LogP contribution >= 0.6 is 23.1 Å². The Morgan fingerprint density at radius 1 is 1.37 bits per heavy atom. The van der Waals surface area contributed by atoms with E-state index in [4.69, 9.17) is 11.6 Å². The highest BCUT2D eigenvalue weighted by atomic mass is 32.2. The maximum atomic E-state index is 13.1. The maximum absolute atomic E-state index is 13.1. The number of halogens is 1. The maximum Gasteiger partial charge on any atom is 0.275 e. The predicted molar refractivity (Wildman–Crippen MR) is 76.3 cm³/mol. The molecule has 5 N–H and O–H groups in total. The first-order valence-corrected chi connectivity index (χ1v) is 7.18. The van der Waals surface area contributed by atoms with Crippen LogP contribution in [0.4, 0.5) is 10.1 Å². The number of amides is 1. The molecule has 4 nitrogen and oxygen atoms in total. The molecule has 0 spiro atoms. The summed E-state index contributed by atoms with van der Waals surface area (Å²) in [5.74, 6) is 5.05. The van der Waals surface area contributed by atoms with Crippen LogP contribution in [0.1, 0.15) is 14.5 Å². The van der Waals surface area contributed by atoms with Crippen molar-refractivity contribution in [1.82, 2.24) is 5.43 Å². The number of nitrogens with two attached hydrogens (primary N) is 2. The van der Waals surface area contributed by atoms with Crippen molar-refractivity contribution in [3.63, 3.8) is 0 Å². The van der Waals surface area contributed by atoms with Gasteiger partial charge in [-0.15, -0.1) is 23.1 Å². The van der Waals surface area contributed by atoms with Crippen LogP contribution in [0.3, 0.4) is 0 Å². The Kier molecular flexibility index (Phi) is 4.41. The molecule has 7 heteroatoms. The number of hydrogen-bond donors (Lipinski definition) is 3. The molecule has 100 valence electrons. The number of hydrogen-bond acceptors (Lipinski definition) is 5. The third kappa shape index (κ3) is 3.46. The van der Waals surface area contributed by atoms with Crippen molar-refractivity contribution in [3.05, 3.63) is 45.9 Å². The minimum absolute atomic E-state index is 0.313. The molecule has 2 aromatic rings. The van der Waals surface area contributed by atoms with Gasteiger partial charge in [0.1, 0.15) is 5.82 Å². The van der Waals surface area contributed by atoms with Gasteiger partial charge in [0.25, 0.3) is 5.91 Å².